The van der Waals surface area contributed by atoms with Crippen LogP contribution in [0.3, 0.4) is 0 Å². The summed E-state index contributed by atoms with van der Waals surface area (Å²) in [6, 6.07) is 83.1. The monoisotopic (exact) mass is 842 g/mol. The Kier molecular flexibility index (Phi) is 8.51. The van der Waals surface area contributed by atoms with Gasteiger partial charge < -0.3 is 9.47 Å². The van der Waals surface area contributed by atoms with Crippen LogP contribution in [-0.2, 0) is 5.41 Å². The van der Waals surface area contributed by atoms with Crippen molar-refractivity contribution in [2.24, 2.45) is 0 Å². The van der Waals surface area contributed by atoms with Gasteiger partial charge in [-0.1, -0.05) is 159 Å². The van der Waals surface area contributed by atoms with Gasteiger partial charge in [-0.25, -0.2) is 0 Å². The van der Waals surface area contributed by atoms with E-state index in [0.717, 1.165) is 17.1 Å². The minimum atomic E-state index is -0.168. The molecule has 1 aliphatic rings. The summed E-state index contributed by atoms with van der Waals surface area (Å²) < 4.78 is 2.38. The second-order valence-corrected chi connectivity index (χ2v) is 18.6. The summed E-state index contributed by atoms with van der Waals surface area (Å²) in [6.45, 7) is 7.02. The molecule has 0 N–H and O–H groups in total. The molecule has 12 aromatic rings. The molecule has 2 nitrogen and oxygen atoms in total. The van der Waals surface area contributed by atoms with Crippen molar-refractivity contribution in [2.75, 3.05) is 4.90 Å². The average molecular weight is 843 g/mol. The summed E-state index contributed by atoms with van der Waals surface area (Å²) in [5, 5.41) is 10.4. The maximum atomic E-state index is 2.50. The molecule has 0 bridgehead atoms. The predicted molar refractivity (Wildman–Crippen MR) is 281 cm³/mol. The summed E-state index contributed by atoms with van der Waals surface area (Å²) in [7, 11) is 0. The molecule has 0 amide bonds. The van der Waals surface area contributed by atoms with Crippen LogP contribution in [0, 0.1) is 6.92 Å². The second-order valence-electron chi connectivity index (χ2n) is 18.6. The standard InChI is InChI=1S/C64H46N2/c1-41-36-47(31-33-49(41)43-16-6-4-7-17-43)65(46-29-26-42(27-30-46)44-28-35-63-59(37-44)54-24-14-15-25-62(54)66(63)45-18-8-5-9-19-45)48-32-34-60-57(38-48)58-39-55-52-22-12-10-20-50(52)51-21-11-13-23-53(51)56(55)40-61(58)64(60,2)3/h4-40H,1-3H3. The normalized spacial score (nSPS) is 12.9. The van der Waals surface area contributed by atoms with Crippen molar-refractivity contribution in [1.29, 1.82) is 0 Å². The number of aryl methyl sites for hydroxylation is 1. The van der Waals surface area contributed by atoms with Crippen molar-refractivity contribution < 1.29 is 0 Å². The zero-order chi connectivity index (χ0) is 44.1. The van der Waals surface area contributed by atoms with E-state index in [4.69, 9.17) is 0 Å². The molecule has 0 fully saturated rings. The van der Waals surface area contributed by atoms with Crippen LogP contribution >= 0.6 is 0 Å². The molecule has 312 valence electrons. The first-order chi connectivity index (χ1) is 32.4. The second kappa shape index (κ2) is 14.7. The zero-order valence-corrected chi connectivity index (χ0v) is 37.3. The van der Waals surface area contributed by atoms with E-state index in [1.807, 2.05) is 0 Å². The molecule has 11 aromatic carbocycles. The first kappa shape index (κ1) is 38.3. The highest BCUT2D eigenvalue weighted by atomic mass is 15.1. The number of para-hydroxylation sites is 2. The minimum absolute atomic E-state index is 0.168. The Morgan fingerprint density at radius 1 is 0.333 bits per heavy atom. The lowest BCUT2D eigenvalue weighted by Crippen LogP contribution is -2.15. The van der Waals surface area contributed by atoms with Crippen molar-refractivity contribution >= 4 is 71.2 Å². The molecule has 0 radical (unpaired) electrons. The van der Waals surface area contributed by atoms with Crippen molar-refractivity contribution in [3.8, 4) is 39.1 Å². The lowest BCUT2D eigenvalue weighted by atomic mass is 9.81. The van der Waals surface area contributed by atoms with Crippen LogP contribution in [-0.4, -0.2) is 4.57 Å². The number of hydrogen-bond donors (Lipinski definition) is 0. The number of nitrogens with zero attached hydrogens (tertiary/aromatic N) is 2. The minimum Gasteiger partial charge on any atom is -0.310 e. The summed E-state index contributed by atoms with van der Waals surface area (Å²) in [5.41, 5.74) is 18.2. The first-order valence-electron chi connectivity index (χ1n) is 23.1. The maximum absolute atomic E-state index is 2.50. The fraction of sp³-hybridized carbons (Fsp3) is 0.0625. The van der Waals surface area contributed by atoms with Gasteiger partial charge in [0.1, 0.15) is 0 Å². The van der Waals surface area contributed by atoms with E-state index in [0.29, 0.717) is 0 Å². The lowest BCUT2D eigenvalue weighted by Gasteiger charge is -2.28. The van der Waals surface area contributed by atoms with Gasteiger partial charge in [0.05, 0.1) is 11.0 Å². The van der Waals surface area contributed by atoms with Gasteiger partial charge in [0, 0.05) is 38.9 Å². The molecular weight excluding hydrogens is 797 g/mol. The van der Waals surface area contributed by atoms with Crippen LogP contribution in [0.2, 0.25) is 0 Å². The van der Waals surface area contributed by atoms with Crippen molar-refractivity contribution in [1.82, 2.24) is 4.57 Å². The molecule has 2 heteroatoms. The first-order valence-corrected chi connectivity index (χ1v) is 23.1. The van der Waals surface area contributed by atoms with Crippen LogP contribution in [0.1, 0.15) is 30.5 Å². The van der Waals surface area contributed by atoms with E-state index >= 15 is 0 Å². The van der Waals surface area contributed by atoms with Crippen LogP contribution in [0.5, 0.6) is 0 Å². The Labute approximate surface area is 385 Å². The Morgan fingerprint density at radius 3 is 1.56 bits per heavy atom. The molecule has 0 saturated heterocycles. The molecule has 0 spiro atoms. The van der Waals surface area contributed by atoms with Gasteiger partial charge in [0.15, 0.2) is 0 Å². The number of benzene rings is 11. The Hall–Kier alpha value is -8.20. The molecule has 1 aliphatic carbocycles. The molecule has 13 rings (SSSR count). The number of aromatic nitrogens is 1. The highest BCUT2D eigenvalue weighted by Crippen LogP contribution is 2.53. The lowest BCUT2D eigenvalue weighted by molar-refractivity contribution is 0.661. The van der Waals surface area contributed by atoms with Crippen LogP contribution in [0.15, 0.2) is 224 Å². The molecule has 0 atom stereocenters. The van der Waals surface area contributed by atoms with Gasteiger partial charge in [-0.05, 0) is 168 Å². The summed E-state index contributed by atoms with van der Waals surface area (Å²) in [4.78, 5) is 2.44. The number of rotatable bonds is 6. The van der Waals surface area contributed by atoms with Crippen LogP contribution in [0.25, 0.3) is 93.2 Å². The fourth-order valence-corrected chi connectivity index (χ4v) is 11.3. The van der Waals surface area contributed by atoms with E-state index in [9.17, 15) is 0 Å². The third kappa shape index (κ3) is 5.81. The van der Waals surface area contributed by atoms with E-state index in [2.05, 4.69) is 255 Å². The van der Waals surface area contributed by atoms with Gasteiger partial charge in [-0.2, -0.15) is 0 Å². The largest absolute Gasteiger partial charge is 0.310 e. The van der Waals surface area contributed by atoms with Gasteiger partial charge in [-0.15, -0.1) is 0 Å². The van der Waals surface area contributed by atoms with Crippen molar-refractivity contribution in [3.05, 3.63) is 241 Å². The van der Waals surface area contributed by atoms with E-state index < -0.39 is 0 Å². The Bertz CT molecular complexity index is 3890. The highest BCUT2D eigenvalue weighted by Gasteiger charge is 2.37. The summed E-state index contributed by atoms with van der Waals surface area (Å²) in [5.74, 6) is 0. The average Bonchev–Trinajstić information content (AvgIpc) is 3.81. The third-order valence-corrected chi connectivity index (χ3v) is 14.5. The van der Waals surface area contributed by atoms with Crippen molar-refractivity contribution in [3.63, 3.8) is 0 Å². The molecular formula is C64H46N2. The fourth-order valence-electron chi connectivity index (χ4n) is 11.3. The zero-order valence-electron chi connectivity index (χ0n) is 37.3. The molecule has 0 unspecified atom stereocenters. The Morgan fingerprint density at radius 2 is 0.864 bits per heavy atom. The summed E-state index contributed by atoms with van der Waals surface area (Å²) >= 11 is 0. The summed E-state index contributed by atoms with van der Waals surface area (Å²) in [6.07, 6.45) is 0. The van der Waals surface area contributed by atoms with Crippen LogP contribution < -0.4 is 4.90 Å². The van der Waals surface area contributed by atoms with E-state index in [1.165, 1.54) is 110 Å². The number of fused-ring (bicyclic) bond motifs is 12. The smallest absolute Gasteiger partial charge is 0.0541 e. The van der Waals surface area contributed by atoms with Gasteiger partial charge in [0.25, 0.3) is 0 Å². The SMILES string of the molecule is Cc1cc(N(c2ccc(-c3ccc4c(c3)c3ccccc3n4-c3ccccc3)cc2)c2ccc3c(c2)-c2cc4c5ccccc5c5ccccc5c4cc2C3(C)C)ccc1-c1ccccc1. The van der Waals surface area contributed by atoms with Gasteiger partial charge in [-0.3, -0.25) is 0 Å². The molecule has 66 heavy (non-hydrogen) atoms. The molecule has 1 aromatic heterocycles. The van der Waals surface area contributed by atoms with E-state index in [-0.39, 0.29) is 5.41 Å². The predicted octanol–water partition coefficient (Wildman–Crippen LogP) is 17.7. The van der Waals surface area contributed by atoms with Gasteiger partial charge >= 0.3 is 0 Å². The van der Waals surface area contributed by atoms with Crippen molar-refractivity contribution in [2.45, 2.75) is 26.2 Å². The third-order valence-electron chi connectivity index (χ3n) is 14.5. The van der Waals surface area contributed by atoms with Crippen LogP contribution in [0.4, 0.5) is 17.1 Å². The van der Waals surface area contributed by atoms with E-state index in [1.54, 1.807) is 0 Å². The molecule has 1 heterocycles. The maximum Gasteiger partial charge on any atom is 0.0541 e. The quantitative estimate of drug-likeness (QED) is 0.151. The number of hydrogen-bond acceptors (Lipinski definition) is 1. The van der Waals surface area contributed by atoms with Gasteiger partial charge in [0.2, 0.25) is 0 Å². The topological polar surface area (TPSA) is 8.17 Å². The Balaban J connectivity index is 0.960. The number of anilines is 3. The molecule has 0 aliphatic heterocycles. The highest BCUT2D eigenvalue weighted by molar-refractivity contribution is 6.26. The molecule has 0 saturated carbocycles.